The summed E-state index contributed by atoms with van der Waals surface area (Å²) in [6.45, 7) is 2.24. The lowest BCUT2D eigenvalue weighted by molar-refractivity contribution is 0.0471. The van der Waals surface area contributed by atoms with Crippen molar-refractivity contribution in [1.82, 2.24) is 9.58 Å². The first kappa shape index (κ1) is 21.2. The Kier molecular flexibility index (Phi) is 5.15. The average molecular weight is 451 g/mol. The number of rotatable bonds is 3. The van der Waals surface area contributed by atoms with Gasteiger partial charge in [-0.25, -0.2) is 8.78 Å². The highest BCUT2D eigenvalue weighted by Crippen LogP contribution is 2.46. The third-order valence-corrected chi connectivity index (χ3v) is 6.69. The summed E-state index contributed by atoms with van der Waals surface area (Å²) in [5, 5.41) is 12.5. The number of aromatic nitrogens is 1. The molecule has 1 saturated heterocycles. The molecule has 3 aromatic rings. The van der Waals surface area contributed by atoms with Gasteiger partial charge in [-0.3, -0.25) is 19.3 Å². The third kappa shape index (κ3) is 3.28. The molecule has 0 radical (unpaired) electrons. The standard InChI is InChI=1S/C25H23F2N3O3/c1-2-28-21-11-9-17(16-8-10-18(26)19(27)14-16)22(15-6-4-3-5-7-15)30(21)29-13-12-20(31)24(32)23(29)25(28)33/h3-8,10,12-14,17,21-22,32H,2,9,11H2,1H3. The van der Waals surface area contributed by atoms with E-state index in [1.807, 2.05) is 42.3 Å². The molecule has 0 saturated carbocycles. The molecule has 5 rings (SSSR count). The molecule has 1 aromatic heterocycles. The predicted octanol–water partition coefficient (Wildman–Crippen LogP) is 3.89. The van der Waals surface area contributed by atoms with Crippen molar-refractivity contribution in [3.63, 3.8) is 0 Å². The molecule has 3 heterocycles. The second-order valence-electron chi connectivity index (χ2n) is 8.39. The topological polar surface area (TPSA) is 65.8 Å². The summed E-state index contributed by atoms with van der Waals surface area (Å²) >= 11 is 0. The molecule has 2 aliphatic heterocycles. The van der Waals surface area contributed by atoms with E-state index in [1.165, 1.54) is 18.3 Å². The summed E-state index contributed by atoms with van der Waals surface area (Å²) in [5.74, 6) is -3.04. The van der Waals surface area contributed by atoms with E-state index in [1.54, 1.807) is 15.6 Å². The van der Waals surface area contributed by atoms with Gasteiger partial charge in [-0.15, -0.1) is 0 Å². The molecule has 6 nitrogen and oxygen atoms in total. The zero-order valence-corrected chi connectivity index (χ0v) is 18.0. The molecular formula is C25H23F2N3O3. The van der Waals surface area contributed by atoms with Crippen LogP contribution < -0.4 is 10.4 Å². The van der Waals surface area contributed by atoms with Gasteiger partial charge in [0.1, 0.15) is 6.17 Å². The Morgan fingerprint density at radius 3 is 2.42 bits per heavy atom. The van der Waals surface area contributed by atoms with Crippen LogP contribution in [0.4, 0.5) is 8.78 Å². The molecule has 170 valence electrons. The predicted molar refractivity (Wildman–Crippen MR) is 119 cm³/mol. The highest BCUT2D eigenvalue weighted by atomic mass is 19.2. The Morgan fingerprint density at radius 2 is 1.73 bits per heavy atom. The number of amides is 1. The molecule has 0 aliphatic carbocycles. The Hall–Kier alpha value is -3.68. The van der Waals surface area contributed by atoms with Gasteiger partial charge >= 0.3 is 0 Å². The summed E-state index contributed by atoms with van der Waals surface area (Å²) in [5.41, 5.74) is 0.849. The zero-order chi connectivity index (χ0) is 23.3. The molecule has 1 fully saturated rings. The van der Waals surface area contributed by atoms with E-state index >= 15 is 0 Å². The van der Waals surface area contributed by atoms with Crippen molar-refractivity contribution in [2.75, 3.05) is 11.6 Å². The van der Waals surface area contributed by atoms with Crippen LogP contribution in [0.5, 0.6) is 5.75 Å². The quantitative estimate of drug-likeness (QED) is 0.656. The number of halogens is 2. The molecule has 0 spiro atoms. The van der Waals surface area contributed by atoms with E-state index in [2.05, 4.69) is 0 Å². The van der Waals surface area contributed by atoms with Gasteiger partial charge in [0.05, 0.1) is 6.04 Å². The first-order chi connectivity index (χ1) is 15.9. The molecule has 0 bridgehead atoms. The summed E-state index contributed by atoms with van der Waals surface area (Å²) in [4.78, 5) is 27.1. The number of fused-ring (bicyclic) bond motifs is 3. The average Bonchev–Trinajstić information content (AvgIpc) is 2.83. The molecule has 2 aliphatic rings. The van der Waals surface area contributed by atoms with Crippen LogP contribution in [0.25, 0.3) is 0 Å². The number of hydrogen-bond acceptors (Lipinski definition) is 4. The van der Waals surface area contributed by atoms with Crippen LogP contribution in [-0.4, -0.2) is 33.3 Å². The number of aromatic hydroxyl groups is 1. The first-order valence-electron chi connectivity index (χ1n) is 11.0. The van der Waals surface area contributed by atoms with E-state index in [0.717, 1.165) is 11.6 Å². The Labute approximate surface area is 189 Å². The molecule has 2 aromatic carbocycles. The molecule has 33 heavy (non-hydrogen) atoms. The van der Waals surface area contributed by atoms with Crippen molar-refractivity contribution in [3.8, 4) is 5.75 Å². The first-order valence-corrected chi connectivity index (χ1v) is 11.0. The van der Waals surface area contributed by atoms with E-state index in [0.29, 0.717) is 24.9 Å². The molecular weight excluding hydrogens is 428 g/mol. The highest BCUT2D eigenvalue weighted by molar-refractivity contribution is 5.96. The number of hydrogen-bond donors (Lipinski definition) is 1. The number of pyridine rings is 1. The molecule has 3 atom stereocenters. The van der Waals surface area contributed by atoms with E-state index in [4.69, 9.17) is 0 Å². The minimum atomic E-state index is -0.910. The van der Waals surface area contributed by atoms with Crippen LogP contribution in [0, 0.1) is 11.6 Å². The number of carbonyl (C=O) groups excluding carboxylic acids is 1. The van der Waals surface area contributed by atoms with Crippen molar-refractivity contribution in [1.29, 1.82) is 0 Å². The van der Waals surface area contributed by atoms with Crippen LogP contribution in [-0.2, 0) is 0 Å². The monoisotopic (exact) mass is 451 g/mol. The minimum Gasteiger partial charge on any atom is -0.502 e. The summed E-state index contributed by atoms with van der Waals surface area (Å²) < 4.78 is 29.4. The van der Waals surface area contributed by atoms with Crippen molar-refractivity contribution in [2.24, 2.45) is 0 Å². The van der Waals surface area contributed by atoms with Crippen LogP contribution >= 0.6 is 0 Å². The van der Waals surface area contributed by atoms with Gasteiger partial charge in [0, 0.05) is 24.7 Å². The lowest BCUT2D eigenvalue weighted by Crippen LogP contribution is -2.64. The van der Waals surface area contributed by atoms with Gasteiger partial charge in [-0.1, -0.05) is 36.4 Å². The largest absolute Gasteiger partial charge is 0.502 e. The van der Waals surface area contributed by atoms with Crippen molar-refractivity contribution in [2.45, 2.75) is 37.9 Å². The third-order valence-electron chi connectivity index (χ3n) is 6.69. The molecule has 1 N–H and O–H groups in total. The second-order valence-corrected chi connectivity index (χ2v) is 8.39. The molecule has 1 amide bonds. The second kappa shape index (κ2) is 8.03. The van der Waals surface area contributed by atoms with Gasteiger partial charge in [-0.05, 0) is 43.0 Å². The van der Waals surface area contributed by atoms with E-state index < -0.39 is 28.7 Å². The van der Waals surface area contributed by atoms with Gasteiger partial charge in [0.25, 0.3) is 5.91 Å². The van der Waals surface area contributed by atoms with Crippen molar-refractivity contribution >= 4 is 5.91 Å². The molecule has 8 heteroatoms. The number of piperidine rings is 1. The normalized spacial score (nSPS) is 22.2. The Bertz CT molecular complexity index is 1280. The fraction of sp³-hybridized carbons (Fsp3) is 0.280. The van der Waals surface area contributed by atoms with E-state index in [9.17, 15) is 23.5 Å². The molecule has 3 unspecified atom stereocenters. The highest BCUT2D eigenvalue weighted by Gasteiger charge is 2.47. The fourth-order valence-electron chi connectivity index (χ4n) is 5.23. The van der Waals surface area contributed by atoms with Crippen molar-refractivity contribution < 1.29 is 18.7 Å². The maximum absolute atomic E-state index is 14.2. The van der Waals surface area contributed by atoms with Gasteiger partial charge in [0.15, 0.2) is 23.1 Å². The summed E-state index contributed by atoms with van der Waals surface area (Å²) in [6, 6.07) is 14.4. The zero-order valence-electron chi connectivity index (χ0n) is 18.0. The van der Waals surface area contributed by atoms with Gasteiger partial charge < -0.3 is 10.0 Å². The maximum atomic E-state index is 14.2. The number of carbonyl (C=O) groups is 1. The fourth-order valence-corrected chi connectivity index (χ4v) is 5.23. The van der Waals surface area contributed by atoms with Crippen LogP contribution in [0.2, 0.25) is 0 Å². The Morgan fingerprint density at radius 1 is 0.970 bits per heavy atom. The van der Waals surface area contributed by atoms with Crippen LogP contribution in [0.1, 0.15) is 53.3 Å². The van der Waals surface area contributed by atoms with Gasteiger partial charge in [0.2, 0.25) is 5.43 Å². The number of nitrogens with zero attached hydrogens (tertiary/aromatic N) is 3. The SMILES string of the molecule is CCN1C(=O)c2c(O)c(=O)ccn2N2C(c3ccccc3)C(c3ccc(F)c(F)c3)CCC12. The minimum absolute atomic E-state index is 0.0903. The lowest BCUT2D eigenvalue weighted by Gasteiger charge is -2.54. The van der Waals surface area contributed by atoms with E-state index in [-0.39, 0.29) is 23.8 Å². The van der Waals surface area contributed by atoms with Crippen molar-refractivity contribution in [3.05, 3.63) is 99.5 Å². The Balaban J connectivity index is 1.74. The smallest absolute Gasteiger partial charge is 0.278 e. The van der Waals surface area contributed by atoms with Gasteiger partial charge in [-0.2, -0.15) is 0 Å². The van der Waals surface area contributed by atoms with Crippen LogP contribution in [0.3, 0.4) is 0 Å². The maximum Gasteiger partial charge on any atom is 0.278 e. The van der Waals surface area contributed by atoms with Crippen LogP contribution in [0.15, 0.2) is 65.6 Å². The summed E-state index contributed by atoms with van der Waals surface area (Å²) in [7, 11) is 0. The summed E-state index contributed by atoms with van der Waals surface area (Å²) in [6.07, 6.45) is 2.39. The lowest BCUT2D eigenvalue weighted by atomic mass is 9.79. The number of benzene rings is 2.